The fourth-order valence-corrected chi connectivity index (χ4v) is 3.65. The molecule has 0 bridgehead atoms. The van der Waals surface area contributed by atoms with Crippen molar-refractivity contribution in [3.8, 4) is 5.75 Å². The van der Waals surface area contributed by atoms with Crippen molar-refractivity contribution in [1.82, 2.24) is 0 Å². The van der Waals surface area contributed by atoms with Gasteiger partial charge in [0.2, 0.25) is 0 Å². The standard InChI is InChI=1S/C23H25NO/c1-6-16-14-17-8-9-19(15-22(17)23(3,4)21(16)7-2)24-18-10-12-20(25-5)13-11-18/h6-13,15,24H,1-2,14H2,3-5H3. The fraction of sp³-hybridized carbons (Fsp3) is 0.217. The molecular formula is C23H25NO. The zero-order valence-electron chi connectivity index (χ0n) is 15.2. The van der Waals surface area contributed by atoms with Gasteiger partial charge < -0.3 is 10.1 Å². The van der Waals surface area contributed by atoms with E-state index in [4.69, 9.17) is 4.74 Å². The van der Waals surface area contributed by atoms with Crippen LogP contribution in [0.3, 0.4) is 0 Å². The molecule has 2 heteroatoms. The average Bonchev–Trinajstić information content (AvgIpc) is 2.62. The van der Waals surface area contributed by atoms with E-state index in [1.165, 1.54) is 22.3 Å². The third-order valence-electron chi connectivity index (χ3n) is 5.01. The molecule has 0 aliphatic heterocycles. The minimum atomic E-state index is -0.0869. The molecule has 128 valence electrons. The minimum absolute atomic E-state index is 0.0869. The van der Waals surface area contributed by atoms with Gasteiger partial charge in [-0.3, -0.25) is 0 Å². The summed E-state index contributed by atoms with van der Waals surface area (Å²) >= 11 is 0. The van der Waals surface area contributed by atoms with Crippen LogP contribution in [0.4, 0.5) is 11.4 Å². The van der Waals surface area contributed by atoms with Crippen molar-refractivity contribution in [2.24, 2.45) is 0 Å². The number of benzene rings is 2. The van der Waals surface area contributed by atoms with Gasteiger partial charge in [-0.1, -0.05) is 45.2 Å². The van der Waals surface area contributed by atoms with E-state index >= 15 is 0 Å². The number of hydrogen-bond donors (Lipinski definition) is 1. The number of rotatable bonds is 5. The van der Waals surface area contributed by atoms with Gasteiger partial charge in [0.25, 0.3) is 0 Å². The lowest BCUT2D eigenvalue weighted by Gasteiger charge is -2.36. The molecule has 0 spiro atoms. The second-order valence-corrected chi connectivity index (χ2v) is 6.87. The number of allylic oxidation sites excluding steroid dienone is 4. The molecule has 0 saturated heterocycles. The van der Waals surface area contributed by atoms with Gasteiger partial charge in [0.15, 0.2) is 0 Å². The van der Waals surface area contributed by atoms with Crippen molar-refractivity contribution >= 4 is 11.4 Å². The average molecular weight is 331 g/mol. The summed E-state index contributed by atoms with van der Waals surface area (Å²) in [5.41, 5.74) is 7.26. The third-order valence-corrected chi connectivity index (χ3v) is 5.01. The van der Waals surface area contributed by atoms with E-state index in [0.717, 1.165) is 23.5 Å². The Kier molecular flexibility index (Phi) is 4.54. The van der Waals surface area contributed by atoms with Crippen molar-refractivity contribution in [3.63, 3.8) is 0 Å². The first kappa shape index (κ1) is 17.1. The summed E-state index contributed by atoms with van der Waals surface area (Å²) in [4.78, 5) is 0. The first-order chi connectivity index (χ1) is 12.0. The van der Waals surface area contributed by atoms with Crippen LogP contribution in [-0.2, 0) is 11.8 Å². The molecule has 0 unspecified atom stereocenters. The minimum Gasteiger partial charge on any atom is -0.497 e. The number of methoxy groups -OCH3 is 1. The molecule has 2 aromatic carbocycles. The normalized spacial score (nSPS) is 15.3. The van der Waals surface area contributed by atoms with Gasteiger partial charge in [0.05, 0.1) is 7.11 Å². The molecule has 3 rings (SSSR count). The van der Waals surface area contributed by atoms with Crippen LogP contribution in [0, 0.1) is 0 Å². The summed E-state index contributed by atoms with van der Waals surface area (Å²) in [5.74, 6) is 0.856. The van der Waals surface area contributed by atoms with Crippen LogP contribution in [0.1, 0.15) is 25.0 Å². The summed E-state index contributed by atoms with van der Waals surface area (Å²) in [7, 11) is 1.68. The Balaban J connectivity index is 1.95. The Morgan fingerprint density at radius 3 is 2.28 bits per heavy atom. The highest BCUT2D eigenvalue weighted by atomic mass is 16.5. The number of hydrogen-bond acceptors (Lipinski definition) is 2. The van der Waals surface area contributed by atoms with Crippen LogP contribution in [0.5, 0.6) is 5.75 Å². The Hall–Kier alpha value is -2.74. The molecule has 2 aromatic rings. The fourth-order valence-electron chi connectivity index (χ4n) is 3.65. The van der Waals surface area contributed by atoms with Crippen LogP contribution in [-0.4, -0.2) is 7.11 Å². The Morgan fingerprint density at radius 2 is 1.68 bits per heavy atom. The maximum absolute atomic E-state index is 5.22. The number of fused-ring (bicyclic) bond motifs is 1. The topological polar surface area (TPSA) is 21.3 Å². The van der Waals surface area contributed by atoms with E-state index in [1.54, 1.807) is 7.11 Å². The predicted molar refractivity (Wildman–Crippen MR) is 107 cm³/mol. The van der Waals surface area contributed by atoms with Crippen LogP contribution in [0.2, 0.25) is 0 Å². The molecule has 0 atom stereocenters. The lowest BCUT2D eigenvalue weighted by atomic mass is 9.68. The molecule has 0 aromatic heterocycles. The van der Waals surface area contributed by atoms with Crippen LogP contribution < -0.4 is 10.1 Å². The van der Waals surface area contributed by atoms with Gasteiger partial charge in [-0.25, -0.2) is 0 Å². The van der Waals surface area contributed by atoms with Crippen molar-refractivity contribution in [1.29, 1.82) is 0 Å². The molecular weight excluding hydrogens is 306 g/mol. The molecule has 0 saturated carbocycles. The van der Waals surface area contributed by atoms with Gasteiger partial charge in [0.1, 0.15) is 5.75 Å². The summed E-state index contributed by atoms with van der Waals surface area (Å²) < 4.78 is 5.22. The Labute approximate surface area is 150 Å². The smallest absolute Gasteiger partial charge is 0.119 e. The SMILES string of the molecule is C=CC1=C(C=C)C(C)(C)c2cc(Nc3ccc(OC)cc3)ccc2C1. The first-order valence-corrected chi connectivity index (χ1v) is 8.52. The van der Waals surface area contributed by atoms with Crippen molar-refractivity contribution in [3.05, 3.63) is 90.0 Å². The summed E-state index contributed by atoms with van der Waals surface area (Å²) in [6.45, 7) is 12.5. The zero-order valence-corrected chi connectivity index (χ0v) is 15.2. The number of nitrogens with one attached hydrogen (secondary N) is 1. The first-order valence-electron chi connectivity index (χ1n) is 8.52. The quantitative estimate of drug-likeness (QED) is 0.732. The second kappa shape index (κ2) is 6.64. The zero-order chi connectivity index (χ0) is 18.0. The largest absolute Gasteiger partial charge is 0.497 e. The van der Waals surface area contributed by atoms with E-state index in [1.807, 2.05) is 36.4 Å². The molecule has 1 aliphatic carbocycles. The maximum Gasteiger partial charge on any atom is 0.119 e. The molecule has 1 N–H and O–H groups in total. The third kappa shape index (κ3) is 3.12. The summed E-state index contributed by atoms with van der Waals surface area (Å²) in [5, 5.41) is 3.48. The van der Waals surface area contributed by atoms with Gasteiger partial charge in [-0.2, -0.15) is 0 Å². The molecule has 25 heavy (non-hydrogen) atoms. The van der Waals surface area contributed by atoms with Crippen molar-refractivity contribution in [2.75, 3.05) is 12.4 Å². The van der Waals surface area contributed by atoms with E-state index in [9.17, 15) is 0 Å². The monoisotopic (exact) mass is 331 g/mol. The van der Waals surface area contributed by atoms with Crippen LogP contribution >= 0.6 is 0 Å². The molecule has 0 amide bonds. The van der Waals surface area contributed by atoms with E-state index in [-0.39, 0.29) is 5.41 Å². The summed E-state index contributed by atoms with van der Waals surface area (Å²) in [6, 6.07) is 14.6. The van der Waals surface area contributed by atoms with E-state index in [0.29, 0.717) is 0 Å². The second-order valence-electron chi connectivity index (χ2n) is 6.87. The van der Waals surface area contributed by atoms with Gasteiger partial charge >= 0.3 is 0 Å². The van der Waals surface area contributed by atoms with E-state index < -0.39 is 0 Å². The van der Waals surface area contributed by atoms with Crippen molar-refractivity contribution in [2.45, 2.75) is 25.7 Å². The van der Waals surface area contributed by atoms with Crippen molar-refractivity contribution < 1.29 is 4.74 Å². The van der Waals surface area contributed by atoms with Gasteiger partial charge in [-0.05, 0) is 65.1 Å². The lowest BCUT2D eigenvalue weighted by Crippen LogP contribution is -2.27. The highest BCUT2D eigenvalue weighted by Crippen LogP contribution is 2.43. The van der Waals surface area contributed by atoms with E-state index in [2.05, 4.69) is 50.5 Å². The molecule has 0 radical (unpaired) electrons. The number of anilines is 2. The number of ether oxygens (including phenoxy) is 1. The highest BCUT2D eigenvalue weighted by molar-refractivity contribution is 5.65. The lowest BCUT2D eigenvalue weighted by molar-refractivity contribution is 0.415. The van der Waals surface area contributed by atoms with Gasteiger partial charge in [0, 0.05) is 16.8 Å². The Morgan fingerprint density at radius 1 is 1.00 bits per heavy atom. The van der Waals surface area contributed by atoms with Crippen LogP contribution in [0.25, 0.3) is 0 Å². The predicted octanol–water partition coefficient (Wildman–Crippen LogP) is 5.94. The molecule has 2 nitrogen and oxygen atoms in total. The van der Waals surface area contributed by atoms with Gasteiger partial charge in [-0.15, -0.1) is 0 Å². The van der Waals surface area contributed by atoms with Crippen LogP contribution in [0.15, 0.2) is 78.9 Å². The summed E-state index contributed by atoms with van der Waals surface area (Å²) in [6.07, 6.45) is 4.85. The Bertz CT molecular complexity index is 841. The highest BCUT2D eigenvalue weighted by Gasteiger charge is 2.32. The molecule has 0 fully saturated rings. The molecule has 1 aliphatic rings. The maximum atomic E-state index is 5.22. The molecule has 0 heterocycles.